The molecule has 1 aliphatic heterocycles. The Labute approximate surface area is 84.9 Å². The molecule has 2 N–H and O–H groups in total. The van der Waals surface area contributed by atoms with Crippen LogP contribution in [0.25, 0.3) is 0 Å². The predicted octanol–water partition coefficient (Wildman–Crippen LogP) is 2.61. The number of allylic oxidation sites excluding steroid dienone is 1. The molecule has 76 valence electrons. The third-order valence-corrected chi connectivity index (χ3v) is 2.31. The summed E-state index contributed by atoms with van der Waals surface area (Å²) in [5, 5.41) is 17.3. The van der Waals surface area contributed by atoms with Crippen LogP contribution in [0.4, 0.5) is 0 Å². The highest BCUT2D eigenvalue weighted by molar-refractivity contribution is 7.32. The predicted molar refractivity (Wildman–Crippen MR) is 57.8 cm³/mol. The zero-order chi connectivity index (χ0) is 10.2. The molecule has 0 amide bonds. The number of phenols is 2. The van der Waals surface area contributed by atoms with Crippen LogP contribution in [0.15, 0.2) is 36.6 Å². The van der Waals surface area contributed by atoms with Crippen LogP contribution >= 0.6 is 8.81 Å². The van der Waals surface area contributed by atoms with Crippen LogP contribution < -0.4 is 0 Å². The number of hydrogen-bond donors (Lipinski definition) is 2. The third kappa shape index (κ3) is 4.73. The monoisotopic (exact) mass is 212 g/mol. The zero-order valence-corrected chi connectivity index (χ0v) is 8.68. The SMILES string of the molecule is C1=COPCC1.Oc1ccc(O)cc1. The second kappa shape index (κ2) is 6.28. The minimum absolute atomic E-state index is 0.169. The van der Waals surface area contributed by atoms with Gasteiger partial charge in [0, 0.05) is 6.16 Å². The van der Waals surface area contributed by atoms with Crippen molar-refractivity contribution in [2.45, 2.75) is 6.42 Å². The molecule has 1 aliphatic rings. The molecule has 0 saturated carbocycles. The van der Waals surface area contributed by atoms with Gasteiger partial charge in [-0.2, -0.15) is 0 Å². The molecule has 0 saturated heterocycles. The Balaban J connectivity index is 0.000000146. The Morgan fingerprint density at radius 2 is 1.64 bits per heavy atom. The largest absolute Gasteiger partial charge is 0.508 e. The van der Waals surface area contributed by atoms with Crippen molar-refractivity contribution in [3.8, 4) is 11.5 Å². The van der Waals surface area contributed by atoms with Gasteiger partial charge < -0.3 is 14.7 Å². The quantitative estimate of drug-likeness (QED) is 0.513. The zero-order valence-electron chi connectivity index (χ0n) is 7.68. The first kappa shape index (κ1) is 10.9. The highest BCUT2D eigenvalue weighted by Gasteiger charge is 1.87. The Bertz CT molecular complexity index is 253. The summed E-state index contributed by atoms with van der Waals surface area (Å²) < 4.78 is 4.92. The van der Waals surface area contributed by atoms with Crippen molar-refractivity contribution in [3.05, 3.63) is 36.6 Å². The molecule has 1 atom stereocenters. The van der Waals surface area contributed by atoms with E-state index in [0.29, 0.717) is 8.81 Å². The van der Waals surface area contributed by atoms with E-state index in [4.69, 9.17) is 14.7 Å². The fraction of sp³-hybridized carbons (Fsp3) is 0.200. The van der Waals surface area contributed by atoms with E-state index < -0.39 is 0 Å². The Hall–Kier alpha value is -1.21. The van der Waals surface area contributed by atoms with Crippen LogP contribution in [-0.2, 0) is 4.52 Å². The number of benzene rings is 1. The first-order valence-corrected chi connectivity index (χ1v) is 5.42. The van der Waals surface area contributed by atoms with Crippen LogP contribution in [0.3, 0.4) is 0 Å². The van der Waals surface area contributed by atoms with Crippen LogP contribution in [-0.4, -0.2) is 16.4 Å². The molecule has 0 fully saturated rings. The van der Waals surface area contributed by atoms with Gasteiger partial charge in [0.2, 0.25) is 0 Å². The summed E-state index contributed by atoms with van der Waals surface area (Å²) in [6.07, 6.45) is 6.26. The van der Waals surface area contributed by atoms with E-state index in [0.717, 1.165) is 0 Å². The van der Waals surface area contributed by atoms with E-state index in [1.165, 1.54) is 36.8 Å². The smallest absolute Gasteiger partial charge is 0.115 e. The normalized spacial score (nSPS) is 15.4. The second-order valence-electron chi connectivity index (χ2n) is 2.69. The highest BCUT2D eigenvalue weighted by atomic mass is 31.1. The molecule has 0 spiro atoms. The van der Waals surface area contributed by atoms with Crippen LogP contribution in [0.2, 0.25) is 0 Å². The Kier molecular flexibility index (Phi) is 4.87. The third-order valence-electron chi connectivity index (χ3n) is 1.51. The molecular formula is C10H13O3P. The number of phenolic OH excluding ortho intramolecular Hbond substituents is 2. The van der Waals surface area contributed by atoms with E-state index in [-0.39, 0.29) is 11.5 Å². The van der Waals surface area contributed by atoms with Crippen LogP contribution in [0.5, 0.6) is 11.5 Å². The average Bonchev–Trinajstić information content (AvgIpc) is 2.26. The molecule has 3 nitrogen and oxygen atoms in total. The summed E-state index contributed by atoms with van der Waals surface area (Å²) in [6, 6.07) is 5.70. The maximum absolute atomic E-state index is 8.65. The maximum atomic E-state index is 8.65. The molecule has 0 aromatic heterocycles. The van der Waals surface area contributed by atoms with Crippen molar-refractivity contribution < 1.29 is 14.7 Å². The molecular weight excluding hydrogens is 199 g/mol. The Morgan fingerprint density at radius 1 is 1.07 bits per heavy atom. The lowest BCUT2D eigenvalue weighted by atomic mass is 10.3. The summed E-state index contributed by atoms with van der Waals surface area (Å²) in [5.74, 6) is 0.339. The minimum atomic E-state index is 0.169. The van der Waals surface area contributed by atoms with Gasteiger partial charge in [-0.15, -0.1) is 0 Å². The van der Waals surface area contributed by atoms with Gasteiger partial charge in [0.05, 0.1) is 15.1 Å². The summed E-state index contributed by atoms with van der Waals surface area (Å²) >= 11 is 0. The Morgan fingerprint density at radius 3 is 1.86 bits per heavy atom. The van der Waals surface area contributed by atoms with E-state index in [2.05, 4.69) is 6.08 Å². The number of aromatic hydroxyl groups is 2. The molecule has 1 aromatic rings. The van der Waals surface area contributed by atoms with Crippen molar-refractivity contribution >= 4 is 8.81 Å². The van der Waals surface area contributed by atoms with Gasteiger partial charge in [-0.1, -0.05) is 0 Å². The number of rotatable bonds is 0. The van der Waals surface area contributed by atoms with E-state index >= 15 is 0 Å². The number of hydrogen-bond acceptors (Lipinski definition) is 3. The van der Waals surface area contributed by atoms with Crippen LogP contribution in [0, 0.1) is 0 Å². The van der Waals surface area contributed by atoms with Gasteiger partial charge in [0.1, 0.15) is 11.5 Å². The standard InChI is InChI=1S/C6H6O2.C4H7OP/c7-5-1-2-6(8)4-3-5;1-2-4-6-5-3-1/h1-4,7-8H;1,3,6H,2,4H2. The summed E-state index contributed by atoms with van der Waals surface area (Å²) in [6.45, 7) is 0. The fourth-order valence-electron chi connectivity index (χ4n) is 0.818. The lowest BCUT2D eigenvalue weighted by Gasteiger charge is -2.01. The van der Waals surface area contributed by atoms with Crippen LogP contribution in [0.1, 0.15) is 6.42 Å². The maximum Gasteiger partial charge on any atom is 0.115 e. The van der Waals surface area contributed by atoms with Gasteiger partial charge >= 0.3 is 0 Å². The molecule has 2 rings (SSSR count). The van der Waals surface area contributed by atoms with Gasteiger partial charge in [-0.25, -0.2) is 0 Å². The molecule has 0 bridgehead atoms. The molecule has 1 aromatic carbocycles. The summed E-state index contributed by atoms with van der Waals surface area (Å²) in [7, 11) is 0.715. The van der Waals surface area contributed by atoms with Gasteiger partial charge in [-0.3, -0.25) is 0 Å². The summed E-state index contributed by atoms with van der Waals surface area (Å²) in [4.78, 5) is 0. The average molecular weight is 212 g/mol. The van der Waals surface area contributed by atoms with Crippen molar-refractivity contribution in [1.82, 2.24) is 0 Å². The summed E-state index contributed by atoms with van der Waals surface area (Å²) in [5.41, 5.74) is 0. The van der Waals surface area contributed by atoms with Crippen molar-refractivity contribution in [1.29, 1.82) is 0 Å². The minimum Gasteiger partial charge on any atom is -0.508 e. The first-order valence-electron chi connectivity index (χ1n) is 4.30. The van der Waals surface area contributed by atoms with E-state index in [1.807, 2.05) is 0 Å². The lowest BCUT2D eigenvalue weighted by molar-refractivity contribution is 0.460. The van der Waals surface area contributed by atoms with Gasteiger partial charge in [0.15, 0.2) is 0 Å². The highest BCUT2D eigenvalue weighted by Crippen LogP contribution is 2.17. The van der Waals surface area contributed by atoms with Gasteiger partial charge in [0.25, 0.3) is 0 Å². The van der Waals surface area contributed by atoms with E-state index in [1.54, 1.807) is 6.26 Å². The second-order valence-corrected chi connectivity index (χ2v) is 3.71. The van der Waals surface area contributed by atoms with E-state index in [9.17, 15) is 0 Å². The molecule has 4 heteroatoms. The van der Waals surface area contributed by atoms with Crippen molar-refractivity contribution in [2.75, 3.05) is 6.16 Å². The fourth-order valence-corrected chi connectivity index (χ4v) is 1.41. The van der Waals surface area contributed by atoms with Gasteiger partial charge in [-0.05, 0) is 36.8 Å². The molecule has 1 heterocycles. The van der Waals surface area contributed by atoms with Crippen molar-refractivity contribution in [3.63, 3.8) is 0 Å². The molecule has 14 heavy (non-hydrogen) atoms. The topological polar surface area (TPSA) is 49.7 Å². The first-order chi connectivity index (χ1) is 6.79. The molecule has 0 aliphatic carbocycles. The van der Waals surface area contributed by atoms with Crippen molar-refractivity contribution in [2.24, 2.45) is 0 Å². The molecule has 0 radical (unpaired) electrons. The molecule has 1 unspecified atom stereocenters. The lowest BCUT2D eigenvalue weighted by Crippen LogP contribution is -1.77.